The number of morpholine rings is 1. The lowest BCUT2D eigenvalue weighted by Gasteiger charge is -2.35. The summed E-state index contributed by atoms with van der Waals surface area (Å²) in [4.78, 5) is 11.5. The van der Waals surface area contributed by atoms with Crippen LogP contribution in [0.2, 0.25) is 0 Å². The summed E-state index contributed by atoms with van der Waals surface area (Å²) in [6.07, 6.45) is 1.09. The average Bonchev–Trinajstić information content (AvgIpc) is 2.40. The van der Waals surface area contributed by atoms with E-state index in [0.717, 1.165) is 55.7 Å². The Bertz CT molecular complexity index is 436. The fraction of sp³-hybridized carbons (Fsp3) is 0.714. The van der Waals surface area contributed by atoms with Crippen LogP contribution in [0, 0.1) is 13.8 Å². The van der Waals surface area contributed by atoms with Crippen LogP contribution in [-0.4, -0.2) is 42.3 Å². The minimum Gasteiger partial charge on any atom is -0.377 e. The van der Waals surface area contributed by atoms with Crippen molar-refractivity contribution in [1.29, 1.82) is 0 Å². The highest BCUT2D eigenvalue weighted by molar-refractivity contribution is 5.59. The molecule has 2 heterocycles. The van der Waals surface area contributed by atoms with E-state index < -0.39 is 0 Å². The van der Waals surface area contributed by atoms with E-state index in [1.54, 1.807) is 0 Å². The summed E-state index contributed by atoms with van der Waals surface area (Å²) in [5, 5.41) is 3.39. The number of nitrogens with zero attached hydrogens (tertiary/aromatic N) is 3. The lowest BCUT2D eigenvalue weighted by atomic mass is 10.2. The molecule has 0 aromatic carbocycles. The Hall–Kier alpha value is -1.36. The summed E-state index contributed by atoms with van der Waals surface area (Å²) in [6.45, 7) is 11.7. The lowest BCUT2D eigenvalue weighted by molar-refractivity contribution is 0.0984. The first-order valence-electron chi connectivity index (χ1n) is 7.07. The van der Waals surface area contributed by atoms with Gasteiger partial charge in [0, 0.05) is 18.7 Å². The van der Waals surface area contributed by atoms with Gasteiger partial charge < -0.3 is 15.0 Å². The zero-order valence-electron chi connectivity index (χ0n) is 12.4. The molecule has 5 nitrogen and oxygen atoms in total. The molecule has 0 aliphatic carbocycles. The zero-order valence-corrected chi connectivity index (χ0v) is 12.4. The Labute approximate surface area is 115 Å². The van der Waals surface area contributed by atoms with Crippen molar-refractivity contribution in [1.82, 2.24) is 9.97 Å². The minimum atomic E-state index is 0.362. The van der Waals surface area contributed by atoms with E-state index in [2.05, 4.69) is 41.0 Å². The lowest BCUT2D eigenvalue weighted by Crippen LogP contribution is -2.44. The second-order valence-electron chi connectivity index (χ2n) is 5.11. The maximum absolute atomic E-state index is 5.50. The highest BCUT2D eigenvalue weighted by Crippen LogP contribution is 2.26. The normalized spacial score (nSPS) is 19.6. The van der Waals surface area contributed by atoms with Crippen LogP contribution in [0.15, 0.2) is 0 Å². The smallest absolute Gasteiger partial charge is 0.137 e. The number of anilines is 2. The van der Waals surface area contributed by atoms with Crippen LogP contribution in [0.4, 0.5) is 11.6 Å². The second kappa shape index (κ2) is 6.19. The zero-order chi connectivity index (χ0) is 13.8. The number of nitrogens with one attached hydrogen (secondary N) is 1. The number of rotatable bonds is 4. The van der Waals surface area contributed by atoms with Gasteiger partial charge in [0.05, 0.1) is 19.3 Å². The third-order valence-corrected chi connectivity index (χ3v) is 3.41. The SMILES string of the molecule is CCCNc1nc(C)nc(N2CCOCC2C)c1C. The number of hydrogen-bond donors (Lipinski definition) is 1. The Morgan fingerprint density at radius 1 is 1.37 bits per heavy atom. The molecule has 1 atom stereocenters. The molecule has 0 bridgehead atoms. The molecule has 1 aromatic rings. The van der Waals surface area contributed by atoms with Gasteiger partial charge in [-0.3, -0.25) is 0 Å². The van der Waals surface area contributed by atoms with Gasteiger partial charge in [-0.15, -0.1) is 0 Å². The molecule has 1 aliphatic heterocycles. The van der Waals surface area contributed by atoms with Crippen LogP contribution in [0.1, 0.15) is 31.7 Å². The maximum atomic E-state index is 5.50. The van der Waals surface area contributed by atoms with Gasteiger partial charge in [-0.05, 0) is 27.2 Å². The highest BCUT2D eigenvalue weighted by atomic mass is 16.5. The molecule has 1 fully saturated rings. The maximum Gasteiger partial charge on any atom is 0.137 e. The average molecular weight is 264 g/mol. The van der Waals surface area contributed by atoms with Gasteiger partial charge in [0.25, 0.3) is 0 Å². The molecule has 5 heteroatoms. The van der Waals surface area contributed by atoms with E-state index in [4.69, 9.17) is 4.74 Å². The van der Waals surface area contributed by atoms with Gasteiger partial charge >= 0.3 is 0 Å². The predicted molar refractivity (Wildman–Crippen MR) is 77.9 cm³/mol. The molecule has 106 valence electrons. The first-order valence-corrected chi connectivity index (χ1v) is 7.07. The third-order valence-electron chi connectivity index (χ3n) is 3.41. The van der Waals surface area contributed by atoms with Crippen molar-refractivity contribution >= 4 is 11.6 Å². The molecule has 1 aliphatic rings. The molecule has 0 saturated carbocycles. The molecule has 0 amide bonds. The summed E-state index contributed by atoms with van der Waals surface area (Å²) in [7, 11) is 0. The quantitative estimate of drug-likeness (QED) is 0.903. The third kappa shape index (κ3) is 3.15. The van der Waals surface area contributed by atoms with Crippen LogP contribution >= 0.6 is 0 Å². The monoisotopic (exact) mass is 264 g/mol. The van der Waals surface area contributed by atoms with Gasteiger partial charge in [-0.1, -0.05) is 6.92 Å². The van der Waals surface area contributed by atoms with Crippen molar-refractivity contribution in [2.75, 3.05) is 36.5 Å². The largest absolute Gasteiger partial charge is 0.377 e. The van der Waals surface area contributed by atoms with Crippen LogP contribution in [0.25, 0.3) is 0 Å². The molecule has 0 radical (unpaired) electrons. The number of aromatic nitrogens is 2. The standard InChI is InChI=1S/C14H24N4O/c1-5-6-15-13-11(3)14(17-12(4)16-13)18-7-8-19-9-10(18)2/h10H,5-9H2,1-4H3,(H,15,16,17). The summed E-state index contributed by atoms with van der Waals surface area (Å²) >= 11 is 0. The number of hydrogen-bond acceptors (Lipinski definition) is 5. The van der Waals surface area contributed by atoms with Gasteiger partial charge in [-0.25, -0.2) is 9.97 Å². The molecule has 0 spiro atoms. The topological polar surface area (TPSA) is 50.3 Å². The summed E-state index contributed by atoms with van der Waals surface area (Å²) in [5.41, 5.74) is 1.13. The van der Waals surface area contributed by atoms with Crippen molar-refractivity contribution in [3.63, 3.8) is 0 Å². The number of ether oxygens (including phenoxy) is 1. The van der Waals surface area contributed by atoms with E-state index in [0.29, 0.717) is 6.04 Å². The van der Waals surface area contributed by atoms with Crippen LogP contribution in [0.3, 0.4) is 0 Å². The predicted octanol–water partition coefficient (Wildman–Crippen LogP) is 2.14. The van der Waals surface area contributed by atoms with Crippen molar-refractivity contribution in [3.8, 4) is 0 Å². The molecule has 2 rings (SSSR count). The van der Waals surface area contributed by atoms with Gasteiger partial charge in [-0.2, -0.15) is 0 Å². The molecule has 1 N–H and O–H groups in total. The first kappa shape index (κ1) is 14.1. The van der Waals surface area contributed by atoms with Crippen molar-refractivity contribution < 1.29 is 4.74 Å². The van der Waals surface area contributed by atoms with Crippen molar-refractivity contribution in [3.05, 3.63) is 11.4 Å². The van der Waals surface area contributed by atoms with E-state index in [1.165, 1.54) is 0 Å². The molecule has 1 saturated heterocycles. The van der Waals surface area contributed by atoms with Crippen molar-refractivity contribution in [2.45, 2.75) is 40.2 Å². The van der Waals surface area contributed by atoms with E-state index in [9.17, 15) is 0 Å². The Morgan fingerprint density at radius 2 is 2.16 bits per heavy atom. The Balaban J connectivity index is 2.30. The van der Waals surface area contributed by atoms with Gasteiger partial charge in [0.1, 0.15) is 17.5 Å². The van der Waals surface area contributed by atoms with Gasteiger partial charge in [0.15, 0.2) is 0 Å². The van der Waals surface area contributed by atoms with Crippen molar-refractivity contribution in [2.24, 2.45) is 0 Å². The minimum absolute atomic E-state index is 0.362. The molecule has 19 heavy (non-hydrogen) atoms. The fourth-order valence-corrected chi connectivity index (χ4v) is 2.35. The van der Waals surface area contributed by atoms with E-state index in [1.807, 2.05) is 6.92 Å². The second-order valence-corrected chi connectivity index (χ2v) is 5.11. The summed E-state index contributed by atoms with van der Waals surface area (Å²) < 4.78 is 5.50. The highest BCUT2D eigenvalue weighted by Gasteiger charge is 2.23. The Kier molecular flexibility index (Phi) is 4.58. The fourth-order valence-electron chi connectivity index (χ4n) is 2.35. The van der Waals surface area contributed by atoms with Crippen LogP contribution in [0.5, 0.6) is 0 Å². The summed E-state index contributed by atoms with van der Waals surface area (Å²) in [5.74, 6) is 2.82. The Morgan fingerprint density at radius 3 is 2.84 bits per heavy atom. The van der Waals surface area contributed by atoms with Crippen LogP contribution < -0.4 is 10.2 Å². The summed E-state index contributed by atoms with van der Waals surface area (Å²) in [6, 6.07) is 0.362. The molecule has 1 aromatic heterocycles. The number of aryl methyl sites for hydroxylation is 1. The van der Waals surface area contributed by atoms with E-state index >= 15 is 0 Å². The molecule has 1 unspecified atom stereocenters. The van der Waals surface area contributed by atoms with Crippen LogP contribution in [-0.2, 0) is 4.74 Å². The van der Waals surface area contributed by atoms with Gasteiger partial charge in [0.2, 0.25) is 0 Å². The van der Waals surface area contributed by atoms with E-state index in [-0.39, 0.29) is 0 Å². The molecular formula is C14H24N4O. The molecular weight excluding hydrogens is 240 g/mol. The first-order chi connectivity index (χ1) is 9.13.